The van der Waals surface area contributed by atoms with Gasteiger partial charge in [-0.15, -0.1) is 0 Å². The molecule has 0 spiro atoms. The molecule has 1 amide bonds. The molecule has 0 atom stereocenters. The number of halogens is 1. The van der Waals surface area contributed by atoms with Crippen molar-refractivity contribution < 1.29 is 14.3 Å². The van der Waals surface area contributed by atoms with Gasteiger partial charge >= 0.3 is 0 Å². The summed E-state index contributed by atoms with van der Waals surface area (Å²) in [5.41, 5.74) is 2.11. The van der Waals surface area contributed by atoms with Gasteiger partial charge in [-0.05, 0) is 53.7 Å². The molecule has 2 rings (SSSR count). The van der Waals surface area contributed by atoms with Crippen LogP contribution in [0.1, 0.15) is 11.1 Å². The summed E-state index contributed by atoms with van der Waals surface area (Å²) in [7, 11) is 0. The minimum Gasteiger partial charge on any atom is -0.392 e. The highest BCUT2D eigenvalue weighted by Crippen LogP contribution is 2.10. The quantitative estimate of drug-likeness (QED) is 0.596. The summed E-state index contributed by atoms with van der Waals surface area (Å²) < 4.78 is 12.8. The van der Waals surface area contributed by atoms with Crippen LogP contribution in [0.3, 0.4) is 0 Å². The van der Waals surface area contributed by atoms with Crippen LogP contribution < -0.4 is 10.6 Å². The van der Waals surface area contributed by atoms with Crippen LogP contribution in [0.2, 0.25) is 0 Å². The molecule has 0 aliphatic rings. The van der Waals surface area contributed by atoms with E-state index < -0.39 is 5.91 Å². The minimum atomic E-state index is -0.398. The van der Waals surface area contributed by atoms with Crippen molar-refractivity contribution in [1.29, 1.82) is 0 Å². The molecule has 0 unspecified atom stereocenters. The SMILES string of the molecule is O=C(C=Cc1ccc(F)cc1)NC(=S)Nc1cccc(CO)c1. The molecular weight excluding hydrogens is 315 g/mol. The summed E-state index contributed by atoms with van der Waals surface area (Å²) in [6.07, 6.45) is 2.87. The van der Waals surface area contributed by atoms with Crippen molar-refractivity contribution in [1.82, 2.24) is 5.32 Å². The third kappa shape index (κ3) is 5.61. The van der Waals surface area contributed by atoms with Crippen molar-refractivity contribution in [3.63, 3.8) is 0 Å². The number of hydrogen-bond acceptors (Lipinski definition) is 3. The van der Waals surface area contributed by atoms with Gasteiger partial charge in [0.1, 0.15) is 5.82 Å². The van der Waals surface area contributed by atoms with E-state index in [4.69, 9.17) is 17.3 Å². The van der Waals surface area contributed by atoms with Gasteiger partial charge in [0.05, 0.1) is 6.61 Å². The average molecular weight is 330 g/mol. The van der Waals surface area contributed by atoms with E-state index in [9.17, 15) is 9.18 Å². The normalized spacial score (nSPS) is 10.5. The Labute approximate surface area is 138 Å². The number of hydrogen-bond donors (Lipinski definition) is 3. The predicted molar refractivity (Wildman–Crippen MR) is 92.2 cm³/mol. The van der Waals surface area contributed by atoms with Crippen LogP contribution in [-0.4, -0.2) is 16.1 Å². The number of anilines is 1. The summed E-state index contributed by atoms with van der Waals surface area (Å²) >= 11 is 5.05. The van der Waals surface area contributed by atoms with E-state index in [0.29, 0.717) is 11.3 Å². The number of carbonyl (C=O) groups excluding carboxylic acids is 1. The molecule has 0 heterocycles. The van der Waals surface area contributed by atoms with Gasteiger partial charge in [0, 0.05) is 11.8 Å². The zero-order valence-electron chi connectivity index (χ0n) is 12.1. The van der Waals surface area contributed by atoms with E-state index in [-0.39, 0.29) is 17.5 Å². The average Bonchev–Trinajstić information content (AvgIpc) is 2.54. The summed E-state index contributed by atoms with van der Waals surface area (Å²) in [4.78, 5) is 11.8. The lowest BCUT2D eigenvalue weighted by Crippen LogP contribution is -2.32. The minimum absolute atomic E-state index is 0.0744. The Kier molecular flexibility index (Phi) is 5.96. The second kappa shape index (κ2) is 8.17. The number of benzene rings is 2. The molecule has 0 aliphatic heterocycles. The first-order chi connectivity index (χ1) is 11.1. The molecule has 0 bridgehead atoms. The Hall–Kier alpha value is -2.57. The van der Waals surface area contributed by atoms with Gasteiger partial charge in [0.2, 0.25) is 5.91 Å². The van der Waals surface area contributed by atoms with E-state index in [1.807, 2.05) is 0 Å². The summed E-state index contributed by atoms with van der Waals surface area (Å²) in [5, 5.41) is 14.6. The molecule has 2 aromatic rings. The molecule has 0 aliphatic carbocycles. The molecule has 0 aromatic heterocycles. The lowest BCUT2D eigenvalue weighted by atomic mass is 10.2. The molecule has 6 heteroatoms. The number of nitrogens with one attached hydrogen (secondary N) is 2. The van der Waals surface area contributed by atoms with Gasteiger partial charge in [-0.25, -0.2) is 4.39 Å². The van der Waals surface area contributed by atoms with Gasteiger partial charge in [-0.1, -0.05) is 24.3 Å². The Morgan fingerprint density at radius 1 is 1.22 bits per heavy atom. The first-order valence-corrected chi connectivity index (χ1v) is 7.23. The van der Waals surface area contributed by atoms with Crippen LogP contribution in [0.4, 0.5) is 10.1 Å². The Morgan fingerprint density at radius 2 is 1.96 bits per heavy atom. The highest BCUT2D eigenvalue weighted by atomic mass is 32.1. The maximum Gasteiger partial charge on any atom is 0.250 e. The Morgan fingerprint density at radius 3 is 2.65 bits per heavy atom. The zero-order valence-corrected chi connectivity index (χ0v) is 12.9. The number of carbonyl (C=O) groups is 1. The smallest absolute Gasteiger partial charge is 0.250 e. The lowest BCUT2D eigenvalue weighted by molar-refractivity contribution is -0.115. The highest BCUT2D eigenvalue weighted by molar-refractivity contribution is 7.80. The van der Waals surface area contributed by atoms with Gasteiger partial charge < -0.3 is 10.4 Å². The monoisotopic (exact) mass is 330 g/mol. The molecule has 3 N–H and O–H groups in total. The first kappa shape index (κ1) is 16.8. The molecule has 0 radical (unpaired) electrons. The molecule has 0 saturated carbocycles. The summed E-state index contributed by atoms with van der Waals surface area (Å²) in [6, 6.07) is 12.8. The van der Waals surface area contributed by atoms with E-state index in [1.165, 1.54) is 18.2 Å². The molecule has 0 saturated heterocycles. The first-order valence-electron chi connectivity index (χ1n) is 6.82. The fraction of sp³-hybridized carbons (Fsp3) is 0.0588. The van der Waals surface area contributed by atoms with Crippen molar-refractivity contribution in [3.05, 3.63) is 71.6 Å². The van der Waals surface area contributed by atoms with E-state index >= 15 is 0 Å². The van der Waals surface area contributed by atoms with Crippen molar-refractivity contribution in [2.24, 2.45) is 0 Å². The van der Waals surface area contributed by atoms with Crippen LogP contribution in [0, 0.1) is 5.82 Å². The third-order valence-corrected chi connectivity index (χ3v) is 3.11. The molecule has 23 heavy (non-hydrogen) atoms. The van der Waals surface area contributed by atoms with Crippen LogP contribution in [-0.2, 0) is 11.4 Å². The fourth-order valence-electron chi connectivity index (χ4n) is 1.81. The van der Waals surface area contributed by atoms with Crippen LogP contribution in [0.15, 0.2) is 54.6 Å². The lowest BCUT2D eigenvalue weighted by Gasteiger charge is -2.09. The van der Waals surface area contributed by atoms with Crippen molar-refractivity contribution >= 4 is 35.0 Å². The van der Waals surface area contributed by atoms with E-state index in [0.717, 1.165) is 5.56 Å². The van der Waals surface area contributed by atoms with Crippen LogP contribution in [0.25, 0.3) is 6.08 Å². The van der Waals surface area contributed by atoms with Crippen LogP contribution >= 0.6 is 12.2 Å². The largest absolute Gasteiger partial charge is 0.392 e. The number of aliphatic hydroxyl groups excluding tert-OH is 1. The second-order valence-corrected chi connectivity index (χ2v) is 5.09. The maximum absolute atomic E-state index is 12.8. The van der Waals surface area contributed by atoms with Crippen molar-refractivity contribution in [2.45, 2.75) is 6.61 Å². The van der Waals surface area contributed by atoms with Gasteiger partial charge in [0.15, 0.2) is 5.11 Å². The predicted octanol–water partition coefficient (Wildman–Crippen LogP) is 2.84. The number of amides is 1. The standard InChI is InChI=1S/C17H15FN2O2S/c18-14-7-4-12(5-8-14)6-9-16(22)20-17(23)19-15-3-1-2-13(10-15)11-21/h1-10,21H,11H2,(H2,19,20,22,23). The van der Waals surface area contributed by atoms with E-state index in [1.54, 1.807) is 42.5 Å². The molecule has 2 aromatic carbocycles. The number of rotatable bonds is 4. The fourth-order valence-corrected chi connectivity index (χ4v) is 2.03. The molecule has 118 valence electrons. The Balaban J connectivity index is 1.89. The Bertz CT molecular complexity index is 730. The van der Waals surface area contributed by atoms with Crippen molar-refractivity contribution in [3.8, 4) is 0 Å². The van der Waals surface area contributed by atoms with Gasteiger partial charge in [0.25, 0.3) is 0 Å². The third-order valence-electron chi connectivity index (χ3n) is 2.90. The molecule has 0 fully saturated rings. The maximum atomic E-state index is 12.8. The molecule has 4 nitrogen and oxygen atoms in total. The van der Waals surface area contributed by atoms with Crippen LogP contribution in [0.5, 0.6) is 0 Å². The molecular formula is C17H15FN2O2S. The summed E-state index contributed by atoms with van der Waals surface area (Å²) in [5.74, 6) is -0.729. The zero-order chi connectivity index (χ0) is 16.7. The highest BCUT2D eigenvalue weighted by Gasteiger charge is 2.02. The topological polar surface area (TPSA) is 61.4 Å². The van der Waals surface area contributed by atoms with Crippen molar-refractivity contribution in [2.75, 3.05) is 5.32 Å². The summed E-state index contributed by atoms with van der Waals surface area (Å²) in [6.45, 7) is -0.0744. The van der Waals surface area contributed by atoms with Gasteiger partial charge in [-0.3, -0.25) is 10.1 Å². The number of thiocarbonyl (C=S) groups is 1. The van der Waals surface area contributed by atoms with E-state index in [2.05, 4.69) is 10.6 Å². The second-order valence-electron chi connectivity index (χ2n) is 4.69. The number of aliphatic hydroxyl groups is 1. The van der Waals surface area contributed by atoms with Gasteiger partial charge in [-0.2, -0.15) is 0 Å².